The van der Waals surface area contributed by atoms with E-state index in [2.05, 4.69) is 19.2 Å². The molecule has 5 rings (SSSR count). The highest BCUT2D eigenvalue weighted by molar-refractivity contribution is 6.11. The van der Waals surface area contributed by atoms with Crippen LogP contribution in [0, 0.1) is 13.8 Å². The van der Waals surface area contributed by atoms with Gasteiger partial charge in [-0.3, -0.25) is 9.36 Å². The molecule has 2 heterocycles. The van der Waals surface area contributed by atoms with Crippen molar-refractivity contribution in [1.82, 2.24) is 19.9 Å². The fourth-order valence-electron chi connectivity index (χ4n) is 3.88. The third-order valence-electron chi connectivity index (χ3n) is 5.77. The van der Waals surface area contributed by atoms with Crippen LogP contribution >= 0.6 is 0 Å². The van der Waals surface area contributed by atoms with Crippen LogP contribution in [0.3, 0.4) is 0 Å². The first-order chi connectivity index (χ1) is 15.5. The number of hydrogen-bond donors (Lipinski definition) is 2. The van der Waals surface area contributed by atoms with Gasteiger partial charge < -0.3 is 11.1 Å². The number of nitrogens with two attached hydrogens (primary N) is 1. The second-order valence-corrected chi connectivity index (χ2v) is 7.92. The molecular formula is C26H23N5O. The number of amides is 1. The lowest BCUT2D eigenvalue weighted by Gasteiger charge is -2.10. The van der Waals surface area contributed by atoms with Crippen molar-refractivity contribution in [2.24, 2.45) is 0 Å². The maximum absolute atomic E-state index is 13.3. The van der Waals surface area contributed by atoms with Gasteiger partial charge in [0.05, 0.1) is 11.0 Å². The van der Waals surface area contributed by atoms with Crippen molar-refractivity contribution in [3.8, 4) is 5.69 Å². The van der Waals surface area contributed by atoms with Gasteiger partial charge in [-0.05, 0) is 54.8 Å². The average Bonchev–Trinajstić information content (AvgIpc) is 3.09. The third kappa shape index (κ3) is 3.36. The lowest BCUT2D eigenvalue weighted by molar-refractivity contribution is 0.0953. The zero-order valence-corrected chi connectivity index (χ0v) is 18.0. The van der Waals surface area contributed by atoms with E-state index in [9.17, 15) is 4.79 Å². The Labute approximate surface area is 185 Å². The van der Waals surface area contributed by atoms with Crippen LogP contribution < -0.4 is 11.1 Å². The molecule has 0 aliphatic carbocycles. The molecule has 158 valence electrons. The maximum Gasteiger partial charge on any atom is 0.257 e. The lowest BCUT2D eigenvalue weighted by Crippen LogP contribution is -2.24. The number of nitrogens with one attached hydrogen (secondary N) is 1. The van der Waals surface area contributed by atoms with Crippen LogP contribution in [0.4, 0.5) is 5.82 Å². The van der Waals surface area contributed by atoms with Gasteiger partial charge in [0.25, 0.3) is 5.91 Å². The molecule has 0 saturated heterocycles. The summed E-state index contributed by atoms with van der Waals surface area (Å²) in [7, 11) is 0. The van der Waals surface area contributed by atoms with Crippen molar-refractivity contribution in [2.45, 2.75) is 20.4 Å². The largest absolute Gasteiger partial charge is 0.384 e. The second-order valence-electron chi connectivity index (χ2n) is 7.92. The van der Waals surface area contributed by atoms with E-state index in [0.29, 0.717) is 34.6 Å². The van der Waals surface area contributed by atoms with Gasteiger partial charge in [0, 0.05) is 12.2 Å². The minimum Gasteiger partial charge on any atom is -0.384 e. The Kier molecular flexibility index (Phi) is 4.82. The summed E-state index contributed by atoms with van der Waals surface area (Å²) in [6.07, 6.45) is 0. The Morgan fingerprint density at radius 1 is 0.906 bits per heavy atom. The lowest BCUT2D eigenvalue weighted by atomic mass is 10.1. The van der Waals surface area contributed by atoms with Crippen molar-refractivity contribution in [1.29, 1.82) is 0 Å². The van der Waals surface area contributed by atoms with Gasteiger partial charge in [0.2, 0.25) is 0 Å². The molecule has 32 heavy (non-hydrogen) atoms. The number of hydrogen-bond acceptors (Lipinski definition) is 4. The fourth-order valence-corrected chi connectivity index (χ4v) is 3.88. The second kappa shape index (κ2) is 7.81. The Morgan fingerprint density at radius 3 is 2.31 bits per heavy atom. The molecule has 2 aromatic heterocycles. The van der Waals surface area contributed by atoms with Crippen LogP contribution in [0.5, 0.6) is 0 Å². The maximum atomic E-state index is 13.3. The molecular weight excluding hydrogens is 398 g/mol. The number of para-hydroxylation sites is 2. The number of benzene rings is 3. The van der Waals surface area contributed by atoms with E-state index in [1.807, 2.05) is 77.4 Å². The number of nitrogen functional groups attached to an aromatic ring is 1. The van der Waals surface area contributed by atoms with Gasteiger partial charge in [0.15, 0.2) is 5.65 Å². The molecule has 0 fully saturated rings. The molecule has 0 radical (unpaired) electrons. The Hall–Kier alpha value is -4.19. The summed E-state index contributed by atoms with van der Waals surface area (Å²) >= 11 is 0. The van der Waals surface area contributed by atoms with E-state index >= 15 is 0 Å². The molecule has 1 amide bonds. The first kappa shape index (κ1) is 19.8. The number of anilines is 1. The van der Waals surface area contributed by atoms with Crippen LogP contribution in [-0.4, -0.2) is 20.4 Å². The molecule has 5 aromatic rings. The normalized spacial score (nSPS) is 11.2. The first-order valence-electron chi connectivity index (χ1n) is 10.5. The summed E-state index contributed by atoms with van der Waals surface area (Å²) in [5, 5.41) is 2.98. The molecule has 6 nitrogen and oxygen atoms in total. The van der Waals surface area contributed by atoms with Gasteiger partial charge in [-0.25, -0.2) is 9.97 Å². The van der Waals surface area contributed by atoms with Crippen LogP contribution in [0.15, 0.2) is 72.8 Å². The molecule has 3 aromatic carbocycles. The van der Waals surface area contributed by atoms with Crippen LogP contribution in [0.25, 0.3) is 27.9 Å². The van der Waals surface area contributed by atoms with Crippen LogP contribution in [0.2, 0.25) is 0 Å². The molecule has 3 N–H and O–H groups in total. The number of aromatic nitrogens is 3. The third-order valence-corrected chi connectivity index (χ3v) is 5.77. The van der Waals surface area contributed by atoms with Gasteiger partial charge in [-0.15, -0.1) is 0 Å². The van der Waals surface area contributed by atoms with Crippen molar-refractivity contribution in [2.75, 3.05) is 5.73 Å². The van der Waals surface area contributed by atoms with Crippen molar-refractivity contribution >= 4 is 33.9 Å². The van der Waals surface area contributed by atoms with Gasteiger partial charge in [0.1, 0.15) is 16.9 Å². The van der Waals surface area contributed by atoms with Crippen molar-refractivity contribution < 1.29 is 4.79 Å². The highest BCUT2D eigenvalue weighted by atomic mass is 16.1. The summed E-state index contributed by atoms with van der Waals surface area (Å²) in [6, 6.07) is 23.5. The van der Waals surface area contributed by atoms with Crippen LogP contribution in [0.1, 0.15) is 27.0 Å². The van der Waals surface area contributed by atoms with Gasteiger partial charge in [-0.2, -0.15) is 0 Å². The number of nitrogens with zero attached hydrogens (tertiary/aromatic N) is 3. The summed E-state index contributed by atoms with van der Waals surface area (Å²) in [5.41, 5.74) is 13.6. The van der Waals surface area contributed by atoms with E-state index in [1.54, 1.807) is 0 Å². The SMILES string of the molecule is Cc1ccc(-n2c(N)c(C(=O)NCc3ccccc3)c3nc4ccccc4nc32)cc1C. The number of fused-ring (bicyclic) bond motifs is 2. The number of aryl methyl sites for hydroxylation is 2. The molecule has 0 unspecified atom stereocenters. The quantitative estimate of drug-likeness (QED) is 0.440. The molecule has 0 atom stereocenters. The zero-order valence-electron chi connectivity index (χ0n) is 18.0. The van der Waals surface area contributed by atoms with E-state index in [4.69, 9.17) is 15.7 Å². The van der Waals surface area contributed by atoms with Crippen molar-refractivity contribution in [3.63, 3.8) is 0 Å². The topological polar surface area (TPSA) is 85.8 Å². The summed E-state index contributed by atoms with van der Waals surface area (Å²) < 4.78 is 1.82. The highest BCUT2D eigenvalue weighted by Crippen LogP contribution is 2.31. The van der Waals surface area contributed by atoms with Crippen LogP contribution in [-0.2, 0) is 6.54 Å². The van der Waals surface area contributed by atoms with E-state index in [1.165, 1.54) is 5.56 Å². The van der Waals surface area contributed by atoms with E-state index < -0.39 is 0 Å². The Bertz CT molecular complexity index is 1470. The molecule has 0 saturated carbocycles. The average molecular weight is 422 g/mol. The van der Waals surface area contributed by atoms with E-state index in [-0.39, 0.29) is 5.91 Å². The molecule has 0 bridgehead atoms. The number of rotatable bonds is 4. The van der Waals surface area contributed by atoms with Gasteiger partial charge in [-0.1, -0.05) is 48.5 Å². The molecule has 0 spiro atoms. The van der Waals surface area contributed by atoms with Crippen molar-refractivity contribution in [3.05, 3.63) is 95.1 Å². The minimum atomic E-state index is -0.275. The standard InChI is InChI=1S/C26H23N5O/c1-16-12-13-19(14-17(16)2)31-24(27)22(26(32)28-15-18-8-4-3-5-9-18)23-25(31)30-21-11-7-6-10-20(21)29-23/h3-14H,15,27H2,1-2H3,(H,28,32). The zero-order chi connectivity index (χ0) is 22.2. The van der Waals surface area contributed by atoms with E-state index in [0.717, 1.165) is 22.3 Å². The predicted octanol–water partition coefficient (Wildman–Crippen LogP) is 4.70. The fraction of sp³-hybridized carbons (Fsp3) is 0.115. The molecule has 6 heteroatoms. The number of carbonyl (C=O) groups is 1. The minimum absolute atomic E-state index is 0.275. The molecule has 0 aliphatic heterocycles. The first-order valence-corrected chi connectivity index (χ1v) is 10.5. The Morgan fingerprint density at radius 2 is 1.59 bits per heavy atom. The summed E-state index contributed by atoms with van der Waals surface area (Å²) in [4.78, 5) is 22.9. The van der Waals surface area contributed by atoms with Gasteiger partial charge >= 0.3 is 0 Å². The molecule has 0 aliphatic rings. The smallest absolute Gasteiger partial charge is 0.257 e. The number of carbonyl (C=O) groups excluding carboxylic acids is 1. The summed E-state index contributed by atoms with van der Waals surface area (Å²) in [5.74, 6) is 0.0487. The Balaban J connectivity index is 1.69. The highest BCUT2D eigenvalue weighted by Gasteiger charge is 2.24. The predicted molar refractivity (Wildman–Crippen MR) is 128 cm³/mol. The monoisotopic (exact) mass is 421 g/mol. The summed E-state index contributed by atoms with van der Waals surface area (Å²) in [6.45, 7) is 4.51.